The van der Waals surface area contributed by atoms with Crippen LogP contribution in [0.5, 0.6) is 0 Å². The number of nitrogens with one attached hydrogen (secondary N) is 2. The third kappa shape index (κ3) is 5.53. The molecule has 0 bridgehead atoms. The molecule has 2 aromatic rings. The predicted molar refractivity (Wildman–Crippen MR) is 104 cm³/mol. The van der Waals surface area contributed by atoms with E-state index in [1.165, 1.54) is 44.5 Å². The van der Waals surface area contributed by atoms with Crippen LogP contribution in [0, 0.1) is 5.82 Å². The predicted octanol–water partition coefficient (Wildman–Crippen LogP) is 3.23. The highest BCUT2D eigenvalue weighted by Gasteiger charge is 2.14. The number of carbonyl (C=O) groups excluding carboxylic acids is 1. The number of aromatic nitrogens is 2. The Morgan fingerprint density at radius 3 is 2.74 bits per heavy atom. The second-order valence-electron chi connectivity index (χ2n) is 7.12. The van der Waals surface area contributed by atoms with Crippen molar-refractivity contribution in [2.24, 2.45) is 0 Å². The molecule has 6 nitrogen and oxygen atoms in total. The average molecular weight is 373 g/mol. The van der Waals surface area contributed by atoms with Gasteiger partial charge in [-0.3, -0.25) is 5.10 Å². The van der Waals surface area contributed by atoms with Gasteiger partial charge < -0.3 is 15.1 Å². The van der Waals surface area contributed by atoms with Gasteiger partial charge in [0.25, 0.3) is 0 Å². The fraction of sp³-hybridized carbons (Fsp3) is 0.500. The molecular weight excluding hydrogens is 345 g/mol. The monoisotopic (exact) mass is 373 g/mol. The summed E-state index contributed by atoms with van der Waals surface area (Å²) >= 11 is 0. The molecule has 2 N–H and O–H groups in total. The van der Waals surface area contributed by atoms with Crippen molar-refractivity contribution >= 4 is 6.03 Å². The van der Waals surface area contributed by atoms with Gasteiger partial charge in [0.2, 0.25) is 0 Å². The normalized spacial score (nSPS) is 14.9. The van der Waals surface area contributed by atoms with Crippen LogP contribution in [0.3, 0.4) is 0 Å². The largest absolute Gasteiger partial charge is 0.338 e. The second kappa shape index (κ2) is 9.50. The Morgan fingerprint density at radius 2 is 2.00 bits per heavy atom. The fourth-order valence-electron chi connectivity index (χ4n) is 3.44. The molecule has 2 heterocycles. The van der Waals surface area contributed by atoms with Crippen LogP contribution in [0.4, 0.5) is 9.18 Å². The van der Waals surface area contributed by atoms with E-state index in [1.54, 1.807) is 30.3 Å². The molecule has 0 atom stereocenters. The molecule has 1 aromatic heterocycles. The van der Waals surface area contributed by atoms with Gasteiger partial charge in [0.15, 0.2) is 0 Å². The van der Waals surface area contributed by atoms with Crippen molar-refractivity contribution in [3.8, 4) is 11.3 Å². The van der Waals surface area contributed by atoms with E-state index in [1.807, 2.05) is 0 Å². The number of piperidine rings is 1. The molecule has 146 valence electrons. The minimum absolute atomic E-state index is 0.0973. The van der Waals surface area contributed by atoms with Gasteiger partial charge in [-0.05, 0) is 63.2 Å². The lowest BCUT2D eigenvalue weighted by Gasteiger charge is -2.26. The number of aromatic amines is 1. The lowest BCUT2D eigenvalue weighted by Crippen LogP contribution is -2.38. The van der Waals surface area contributed by atoms with Crippen LogP contribution < -0.4 is 5.32 Å². The Labute approximate surface area is 159 Å². The van der Waals surface area contributed by atoms with E-state index in [-0.39, 0.29) is 11.8 Å². The molecule has 0 spiro atoms. The molecule has 1 aromatic carbocycles. The summed E-state index contributed by atoms with van der Waals surface area (Å²) < 4.78 is 13.1. The van der Waals surface area contributed by atoms with Gasteiger partial charge in [-0.25, -0.2) is 9.18 Å². The number of H-pyrrole nitrogens is 1. The Hall–Kier alpha value is -2.41. The van der Waals surface area contributed by atoms with Gasteiger partial charge in [-0.15, -0.1) is 0 Å². The number of likely N-dealkylation sites (tertiary alicyclic amines) is 1. The Bertz CT molecular complexity index is 724. The summed E-state index contributed by atoms with van der Waals surface area (Å²) in [6.45, 7) is 4.51. The van der Waals surface area contributed by atoms with Crippen LogP contribution in [-0.2, 0) is 6.54 Å². The van der Waals surface area contributed by atoms with Crippen molar-refractivity contribution in [1.29, 1.82) is 0 Å². The summed E-state index contributed by atoms with van der Waals surface area (Å²) in [4.78, 5) is 16.4. The van der Waals surface area contributed by atoms with Crippen molar-refractivity contribution < 1.29 is 9.18 Å². The number of benzene rings is 1. The van der Waals surface area contributed by atoms with Crippen molar-refractivity contribution in [2.45, 2.75) is 32.2 Å². The molecule has 0 unspecified atom stereocenters. The second-order valence-corrected chi connectivity index (χ2v) is 7.12. The smallest absolute Gasteiger partial charge is 0.317 e. The molecule has 0 aliphatic carbocycles. The van der Waals surface area contributed by atoms with Crippen molar-refractivity contribution in [1.82, 2.24) is 25.3 Å². The first kappa shape index (κ1) is 19.4. The summed E-state index contributed by atoms with van der Waals surface area (Å²) in [5.74, 6) is -0.277. The minimum Gasteiger partial charge on any atom is -0.338 e. The van der Waals surface area contributed by atoms with E-state index >= 15 is 0 Å². The van der Waals surface area contributed by atoms with Gasteiger partial charge in [0.1, 0.15) is 5.82 Å². The van der Waals surface area contributed by atoms with E-state index in [2.05, 4.69) is 20.4 Å². The Morgan fingerprint density at radius 1 is 1.26 bits per heavy atom. The SMILES string of the molecule is CN(Cc1cn[nH]c1-c1ccc(F)cc1)C(=O)NCCCN1CCCCC1. The maximum absolute atomic E-state index is 13.1. The molecule has 3 rings (SSSR count). The van der Waals surface area contributed by atoms with Gasteiger partial charge in [-0.2, -0.15) is 5.10 Å². The van der Waals surface area contributed by atoms with Crippen LogP contribution >= 0.6 is 0 Å². The third-order valence-electron chi connectivity index (χ3n) is 4.98. The molecule has 2 amide bonds. The van der Waals surface area contributed by atoms with Crippen molar-refractivity contribution in [2.75, 3.05) is 33.2 Å². The lowest BCUT2D eigenvalue weighted by molar-refractivity contribution is 0.203. The van der Waals surface area contributed by atoms with Crippen LogP contribution in [0.15, 0.2) is 30.5 Å². The highest BCUT2D eigenvalue weighted by molar-refractivity contribution is 5.74. The zero-order valence-electron chi connectivity index (χ0n) is 15.9. The average Bonchev–Trinajstić information content (AvgIpc) is 3.14. The standard InChI is InChI=1S/C20H28FN5O/c1-25(20(27)22-10-5-13-26-11-3-2-4-12-26)15-17-14-23-24-19(17)16-6-8-18(21)9-7-16/h6-9,14H,2-5,10-13,15H2,1H3,(H,22,27)(H,23,24). The molecule has 27 heavy (non-hydrogen) atoms. The maximum Gasteiger partial charge on any atom is 0.317 e. The Balaban J connectivity index is 1.46. The molecular formula is C20H28FN5O. The molecule has 1 fully saturated rings. The number of carbonyl (C=O) groups is 1. The van der Waals surface area contributed by atoms with E-state index in [9.17, 15) is 9.18 Å². The summed E-state index contributed by atoms with van der Waals surface area (Å²) in [6, 6.07) is 6.14. The highest BCUT2D eigenvalue weighted by Crippen LogP contribution is 2.22. The van der Waals surface area contributed by atoms with Crippen LogP contribution in [-0.4, -0.2) is 59.3 Å². The maximum atomic E-state index is 13.1. The topological polar surface area (TPSA) is 64.3 Å². The van der Waals surface area contributed by atoms with Gasteiger partial charge in [0, 0.05) is 24.7 Å². The number of hydrogen-bond donors (Lipinski definition) is 2. The first-order valence-corrected chi connectivity index (χ1v) is 9.63. The highest BCUT2D eigenvalue weighted by atomic mass is 19.1. The number of nitrogens with zero attached hydrogens (tertiary/aromatic N) is 3. The number of amides is 2. The van der Waals surface area contributed by atoms with Crippen molar-refractivity contribution in [3.05, 3.63) is 41.8 Å². The fourth-order valence-corrected chi connectivity index (χ4v) is 3.44. The van der Waals surface area contributed by atoms with E-state index in [0.29, 0.717) is 13.1 Å². The van der Waals surface area contributed by atoms with Crippen LogP contribution in [0.25, 0.3) is 11.3 Å². The summed E-state index contributed by atoms with van der Waals surface area (Å²) in [7, 11) is 1.77. The molecule has 1 aliphatic rings. The lowest BCUT2D eigenvalue weighted by atomic mass is 10.1. The van der Waals surface area contributed by atoms with Gasteiger partial charge >= 0.3 is 6.03 Å². The quantitative estimate of drug-likeness (QED) is 0.733. The molecule has 1 saturated heterocycles. The zero-order chi connectivity index (χ0) is 19.1. The first-order valence-electron chi connectivity index (χ1n) is 9.63. The molecule has 1 aliphatic heterocycles. The molecule has 7 heteroatoms. The molecule has 0 radical (unpaired) electrons. The number of rotatable bonds is 7. The van der Waals surface area contributed by atoms with Crippen molar-refractivity contribution in [3.63, 3.8) is 0 Å². The first-order chi connectivity index (χ1) is 13.1. The summed E-state index contributed by atoms with van der Waals surface area (Å²) in [5, 5.41) is 10.00. The van der Waals surface area contributed by atoms with E-state index < -0.39 is 0 Å². The zero-order valence-corrected chi connectivity index (χ0v) is 15.9. The summed E-state index contributed by atoms with van der Waals surface area (Å²) in [5.41, 5.74) is 2.55. The van der Waals surface area contributed by atoms with E-state index in [4.69, 9.17) is 0 Å². The minimum atomic E-state index is -0.277. The third-order valence-corrected chi connectivity index (χ3v) is 4.98. The van der Waals surface area contributed by atoms with Crippen LogP contribution in [0.1, 0.15) is 31.2 Å². The molecule has 0 saturated carbocycles. The van der Waals surface area contributed by atoms with E-state index in [0.717, 1.165) is 29.8 Å². The van der Waals surface area contributed by atoms with Crippen LogP contribution in [0.2, 0.25) is 0 Å². The van der Waals surface area contributed by atoms with Gasteiger partial charge in [0.05, 0.1) is 18.4 Å². The summed E-state index contributed by atoms with van der Waals surface area (Å²) in [6.07, 6.45) is 6.59. The number of halogens is 1. The number of hydrogen-bond acceptors (Lipinski definition) is 3. The Kier molecular flexibility index (Phi) is 6.81. The van der Waals surface area contributed by atoms with Gasteiger partial charge in [-0.1, -0.05) is 6.42 Å². The number of urea groups is 1.